The second kappa shape index (κ2) is 7.10. The first kappa shape index (κ1) is 17.0. The third kappa shape index (κ3) is 6.40. The van der Waals surface area contributed by atoms with E-state index >= 15 is 0 Å². The molecule has 0 bridgehead atoms. The van der Waals surface area contributed by atoms with E-state index in [9.17, 15) is 9.36 Å². The normalized spacial score (nSPS) is 14.4. The monoisotopic (exact) mass is 324 g/mol. The molecule has 9 nitrogen and oxygen atoms in total. The lowest BCUT2D eigenvalue weighted by Gasteiger charge is -2.12. The second-order valence-electron chi connectivity index (χ2n) is 3.75. The van der Waals surface area contributed by atoms with E-state index in [2.05, 4.69) is 9.05 Å². The highest BCUT2D eigenvalue weighted by Crippen LogP contribution is 2.37. The summed E-state index contributed by atoms with van der Waals surface area (Å²) in [5.74, 6) is -0.851. The van der Waals surface area contributed by atoms with Gasteiger partial charge in [0, 0.05) is 0 Å². The first-order valence-electron chi connectivity index (χ1n) is 5.22. The highest BCUT2D eigenvalue weighted by Gasteiger charge is 2.19. The molecule has 0 spiro atoms. The second-order valence-corrected chi connectivity index (χ2v) is 5.70. The number of rotatable bonds is 6. The van der Waals surface area contributed by atoms with E-state index in [1.807, 2.05) is 0 Å². The molecule has 0 aliphatic heterocycles. The summed E-state index contributed by atoms with van der Waals surface area (Å²) in [5.41, 5.74) is 11.1. The molecule has 1 aromatic carbocycles. The van der Waals surface area contributed by atoms with Crippen LogP contribution in [-0.2, 0) is 20.3 Å². The third-order valence-electron chi connectivity index (χ3n) is 2.09. The Morgan fingerprint density at radius 2 is 1.90 bits per heavy atom. The number of benzene rings is 1. The minimum absolute atomic E-state index is 0.0148. The molecule has 0 aliphatic carbocycles. The fourth-order valence-electron chi connectivity index (χ4n) is 1.32. The minimum Gasteiger partial charge on any atom is -0.404 e. The maximum atomic E-state index is 11.3. The average Bonchev–Trinajstić information content (AvgIpc) is 2.28. The number of phosphoric ester groups is 1. The maximum absolute atomic E-state index is 11.3. The number of phosphoric acid groups is 1. The quantitative estimate of drug-likeness (QED) is 0.443. The topological polar surface area (TPSA) is 165 Å². The van der Waals surface area contributed by atoms with Crippen LogP contribution in [0, 0.1) is 0 Å². The lowest BCUT2D eigenvalue weighted by molar-refractivity contribution is -0.135. The zero-order valence-corrected chi connectivity index (χ0v) is 11.9. The van der Waals surface area contributed by atoms with Crippen molar-refractivity contribution in [2.75, 3.05) is 0 Å². The van der Waals surface area contributed by atoms with Gasteiger partial charge in [-0.15, -0.1) is 0 Å². The van der Waals surface area contributed by atoms with Crippen molar-refractivity contribution >= 4 is 22.3 Å². The molecular formula is C9H14N2O7P2. The number of carbonyl (C=O) groups excluding carboxylic acids is 1. The summed E-state index contributed by atoms with van der Waals surface area (Å²) < 4.78 is 19.4. The fourth-order valence-corrected chi connectivity index (χ4v) is 2.04. The summed E-state index contributed by atoms with van der Waals surface area (Å²) in [6.45, 7) is 0. The standard InChI is InChI=1S/C9H14N2O7P2/c10-8(9(12)17-19(11)13)5-6-1-3-7(4-2-6)18-20(14,15)16/h1-4,8,13H,5,10-11H2,(H2,14,15,16)/t8-,19?/m0/s1. The number of carbonyl (C=O) groups is 1. The largest absolute Gasteiger partial charge is 0.524 e. The molecule has 0 saturated carbocycles. The molecule has 1 rings (SSSR count). The van der Waals surface area contributed by atoms with Crippen LogP contribution in [0.2, 0.25) is 0 Å². The molecule has 1 aromatic rings. The molecule has 0 heterocycles. The van der Waals surface area contributed by atoms with Gasteiger partial charge in [0.05, 0.1) is 0 Å². The summed E-state index contributed by atoms with van der Waals surface area (Å²) in [5, 5.41) is 0. The maximum Gasteiger partial charge on any atom is 0.524 e. The lowest BCUT2D eigenvalue weighted by Crippen LogP contribution is -2.33. The molecule has 0 aliphatic rings. The Labute approximate surface area is 115 Å². The van der Waals surface area contributed by atoms with Gasteiger partial charge in [-0.05, 0) is 24.1 Å². The molecule has 0 amide bonds. The smallest absolute Gasteiger partial charge is 0.404 e. The molecule has 112 valence electrons. The van der Waals surface area contributed by atoms with Crippen LogP contribution in [0.15, 0.2) is 24.3 Å². The van der Waals surface area contributed by atoms with Crippen LogP contribution in [0.4, 0.5) is 0 Å². The first-order chi connectivity index (χ1) is 9.17. The zero-order chi connectivity index (χ0) is 15.3. The van der Waals surface area contributed by atoms with Gasteiger partial charge in [0.25, 0.3) is 0 Å². The summed E-state index contributed by atoms with van der Waals surface area (Å²) in [6.07, 6.45) is 0.109. The van der Waals surface area contributed by atoms with Gasteiger partial charge in [-0.2, -0.15) is 0 Å². The van der Waals surface area contributed by atoms with E-state index < -0.39 is 28.4 Å². The fraction of sp³-hybridized carbons (Fsp3) is 0.222. The summed E-state index contributed by atoms with van der Waals surface area (Å²) in [4.78, 5) is 37.3. The average molecular weight is 324 g/mol. The highest BCUT2D eigenvalue weighted by molar-refractivity contribution is 7.46. The van der Waals surface area contributed by atoms with Gasteiger partial charge in [0.1, 0.15) is 11.8 Å². The van der Waals surface area contributed by atoms with E-state index in [1.165, 1.54) is 24.3 Å². The number of hydrogen-bond acceptors (Lipinski definition) is 7. The Hall–Kier alpha value is -1.05. The molecule has 2 atom stereocenters. The molecule has 0 radical (unpaired) electrons. The molecule has 20 heavy (non-hydrogen) atoms. The SMILES string of the molecule is N[C@@H](Cc1ccc(OP(=O)(O)O)cc1)C(=O)OP(N)O. The Morgan fingerprint density at radius 1 is 1.35 bits per heavy atom. The van der Waals surface area contributed by atoms with Gasteiger partial charge in [0.15, 0.2) is 0 Å². The third-order valence-corrected chi connectivity index (χ3v) is 2.91. The van der Waals surface area contributed by atoms with Crippen LogP contribution in [0.1, 0.15) is 5.56 Å². The van der Waals surface area contributed by atoms with Crippen molar-refractivity contribution in [2.45, 2.75) is 12.5 Å². The van der Waals surface area contributed by atoms with Crippen molar-refractivity contribution in [1.29, 1.82) is 0 Å². The molecule has 0 saturated heterocycles. The van der Waals surface area contributed by atoms with Crippen molar-refractivity contribution in [3.05, 3.63) is 29.8 Å². The van der Waals surface area contributed by atoms with Crippen LogP contribution in [-0.4, -0.2) is 26.7 Å². The molecular weight excluding hydrogens is 310 g/mol. The molecule has 11 heteroatoms. The van der Waals surface area contributed by atoms with Crippen molar-refractivity contribution in [3.63, 3.8) is 0 Å². The van der Waals surface area contributed by atoms with Crippen LogP contribution in [0.3, 0.4) is 0 Å². The first-order valence-corrected chi connectivity index (χ1v) is 8.04. The van der Waals surface area contributed by atoms with E-state index in [0.29, 0.717) is 5.56 Å². The number of nitrogens with two attached hydrogens (primary N) is 2. The van der Waals surface area contributed by atoms with Crippen LogP contribution < -0.4 is 15.8 Å². The lowest BCUT2D eigenvalue weighted by atomic mass is 10.1. The van der Waals surface area contributed by atoms with Gasteiger partial charge < -0.3 is 19.7 Å². The van der Waals surface area contributed by atoms with Crippen LogP contribution in [0.5, 0.6) is 5.75 Å². The number of hydrogen-bond donors (Lipinski definition) is 5. The van der Waals surface area contributed by atoms with Crippen LogP contribution >= 0.6 is 16.3 Å². The Kier molecular flexibility index (Phi) is 6.04. The Balaban J connectivity index is 2.61. The van der Waals surface area contributed by atoms with Crippen molar-refractivity contribution < 1.29 is 33.1 Å². The predicted octanol–water partition coefficient (Wildman–Crippen LogP) is -0.251. The molecule has 1 unspecified atom stereocenters. The van der Waals surface area contributed by atoms with E-state index in [0.717, 1.165) is 0 Å². The van der Waals surface area contributed by atoms with Gasteiger partial charge >= 0.3 is 22.3 Å². The van der Waals surface area contributed by atoms with Crippen molar-refractivity contribution in [3.8, 4) is 5.75 Å². The summed E-state index contributed by atoms with van der Waals surface area (Å²) in [7, 11) is -6.90. The molecule has 0 aromatic heterocycles. The highest BCUT2D eigenvalue weighted by atomic mass is 31.2. The van der Waals surface area contributed by atoms with Crippen molar-refractivity contribution in [1.82, 2.24) is 0 Å². The van der Waals surface area contributed by atoms with Gasteiger partial charge in [0.2, 0.25) is 0 Å². The van der Waals surface area contributed by atoms with Crippen molar-refractivity contribution in [2.24, 2.45) is 11.2 Å². The van der Waals surface area contributed by atoms with E-state index in [4.69, 9.17) is 25.9 Å². The van der Waals surface area contributed by atoms with Gasteiger partial charge in [-0.25, -0.2) is 4.57 Å². The molecule has 7 N–H and O–H groups in total. The van der Waals surface area contributed by atoms with Gasteiger partial charge in [-0.1, -0.05) is 12.1 Å². The van der Waals surface area contributed by atoms with Crippen LogP contribution in [0.25, 0.3) is 0 Å². The molecule has 0 fully saturated rings. The predicted molar refractivity (Wildman–Crippen MR) is 70.2 cm³/mol. The summed E-state index contributed by atoms with van der Waals surface area (Å²) in [6, 6.07) is 4.62. The zero-order valence-electron chi connectivity index (χ0n) is 10.1. The van der Waals surface area contributed by atoms with Gasteiger partial charge in [-0.3, -0.25) is 20.1 Å². The van der Waals surface area contributed by atoms with E-state index in [-0.39, 0.29) is 12.2 Å². The Bertz CT molecular complexity index is 502. The van der Waals surface area contributed by atoms with E-state index in [1.54, 1.807) is 0 Å². The summed E-state index contributed by atoms with van der Waals surface area (Å²) >= 11 is 0. The Morgan fingerprint density at radius 3 is 2.35 bits per heavy atom. The minimum atomic E-state index is -4.60.